The lowest BCUT2D eigenvalue weighted by Crippen LogP contribution is -2.14. The van der Waals surface area contributed by atoms with Crippen LogP contribution >= 0.6 is 11.8 Å². The number of rotatable bonds is 6. The predicted octanol–water partition coefficient (Wildman–Crippen LogP) is 3.59. The molecule has 0 atom stereocenters. The Labute approximate surface area is 149 Å². The van der Waals surface area contributed by atoms with E-state index in [-0.39, 0.29) is 23.3 Å². The van der Waals surface area contributed by atoms with Crippen molar-refractivity contribution in [2.24, 2.45) is 0 Å². The average Bonchev–Trinajstić information content (AvgIpc) is 2.55. The molecular weight excluding hydrogens is 342 g/mol. The maximum atomic E-state index is 12.0. The molecule has 0 saturated heterocycles. The van der Waals surface area contributed by atoms with Gasteiger partial charge in [0.25, 0.3) is 5.69 Å². The molecule has 2 amide bonds. The highest BCUT2D eigenvalue weighted by Crippen LogP contribution is 2.23. The van der Waals surface area contributed by atoms with E-state index in [1.807, 2.05) is 12.1 Å². The van der Waals surface area contributed by atoms with E-state index in [9.17, 15) is 19.7 Å². The number of nitrogens with one attached hydrogen (secondary N) is 2. The molecule has 0 saturated carbocycles. The Morgan fingerprint density at radius 3 is 2.36 bits per heavy atom. The summed E-state index contributed by atoms with van der Waals surface area (Å²) in [6.07, 6.45) is 0. The third-order valence-corrected chi connectivity index (χ3v) is 4.25. The van der Waals surface area contributed by atoms with Gasteiger partial charge < -0.3 is 10.6 Å². The molecule has 2 aromatic carbocycles. The van der Waals surface area contributed by atoms with Crippen LogP contribution in [0.2, 0.25) is 0 Å². The standard InChI is InChI=1S/C17H17N3O4S/c1-11-9-14(20(23)24)5-8-16(11)19-17(22)10-25-15-6-3-13(4-7-15)18-12(2)21/h3-9H,10H2,1-2H3,(H,18,21)(H,19,22). The quantitative estimate of drug-likeness (QED) is 0.466. The Morgan fingerprint density at radius 2 is 1.80 bits per heavy atom. The van der Waals surface area contributed by atoms with Gasteiger partial charge in [-0.25, -0.2) is 0 Å². The number of nitro benzene ring substituents is 1. The summed E-state index contributed by atoms with van der Waals surface area (Å²) in [4.78, 5) is 34.2. The minimum absolute atomic E-state index is 0.0101. The first-order chi connectivity index (χ1) is 11.8. The van der Waals surface area contributed by atoms with Crippen LogP contribution in [0.1, 0.15) is 12.5 Å². The molecule has 2 N–H and O–H groups in total. The van der Waals surface area contributed by atoms with Crippen LogP contribution in [0.4, 0.5) is 17.1 Å². The van der Waals surface area contributed by atoms with Crippen molar-refractivity contribution in [3.63, 3.8) is 0 Å². The third-order valence-electron chi connectivity index (χ3n) is 3.24. The van der Waals surface area contributed by atoms with Crippen molar-refractivity contribution in [1.29, 1.82) is 0 Å². The largest absolute Gasteiger partial charge is 0.326 e. The van der Waals surface area contributed by atoms with Gasteiger partial charge in [0.05, 0.1) is 10.7 Å². The van der Waals surface area contributed by atoms with Crippen molar-refractivity contribution >= 4 is 40.6 Å². The molecule has 0 aliphatic heterocycles. The number of carbonyl (C=O) groups excluding carboxylic acids is 2. The molecule has 2 aromatic rings. The molecule has 0 bridgehead atoms. The Bertz CT molecular complexity index is 806. The zero-order valence-corrected chi connectivity index (χ0v) is 14.6. The average molecular weight is 359 g/mol. The van der Waals surface area contributed by atoms with Crippen molar-refractivity contribution < 1.29 is 14.5 Å². The number of carbonyl (C=O) groups is 2. The second-order valence-corrected chi connectivity index (χ2v) is 6.35. The molecule has 0 aliphatic carbocycles. The first-order valence-electron chi connectivity index (χ1n) is 7.40. The maximum Gasteiger partial charge on any atom is 0.269 e. The van der Waals surface area contributed by atoms with E-state index < -0.39 is 4.92 Å². The lowest BCUT2D eigenvalue weighted by molar-refractivity contribution is -0.384. The summed E-state index contributed by atoms with van der Waals surface area (Å²) in [5.41, 5.74) is 1.87. The monoisotopic (exact) mass is 359 g/mol. The Hall–Kier alpha value is -2.87. The molecule has 0 aromatic heterocycles. The zero-order valence-electron chi connectivity index (χ0n) is 13.7. The lowest BCUT2D eigenvalue weighted by atomic mass is 10.2. The van der Waals surface area contributed by atoms with Gasteiger partial charge in [0.2, 0.25) is 11.8 Å². The number of thioether (sulfide) groups is 1. The fourth-order valence-electron chi connectivity index (χ4n) is 2.07. The fourth-order valence-corrected chi connectivity index (χ4v) is 2.77. The molecule has 0 aliphatic rings. The molecule has 7 nitrogen and oxygen atoms in total. The first-order valence-corrected chi connectivity index (χ1v) is 8.39. The molecule has 130 valence electrons. The van der Waals surface area contributed by atoms with Gasteiger partial charge in [0.15, 0.2) is 0 Å². The lowest BCUT2D eigenvalue weighted by Gasteiger charge is -2.08. The Kier molecular flexibility index (Phi) is 6.13. The second-order valence-electron chi connectivity index (χ2n) is 5.30. The highest BCUT2D eigenvalue weighted by Gasteiger charge is 2.10. The van der Waals surface area contributed by atoms with Crippen LogP contribution in [-0.4, -0.2) is 22.5 Å². The van der Waals surface area contributed by atoms with Crippen LogP contribution in [0.25, 0.3) is 0 Å². The van der Waals surface area contributed by atoms with Crippen LogP contribution in [-0.2, 0) is 9.59 Å². The minimum atomic E-state index is -0.473. The van der Waals surface area contributed by atoms with Crippen molar-refractivity contribution in [2.75, 3.05) is 16.4 Å². The van der Waals surface area contributed by atoms with E-state index in [1.54, 1.807) is 19.1 Å². The number of hydrogen-bond acceptors (Lipinski definition) is 5. The molecule has 0 radical (unpaired) electrons. The van der Waals surface area contributed by atoms with Crippen molar-refractivity contribution in [2.45, 2.75) is 18.7 Å². The maximum absolute atomic E-state index is 12.0. The number of non-ortho nitro benzene ring substituents is 1. The summed E-state index contributed by atoms with van der Waals surface area (Å²) < 4.78 is 0. The molecule has 0 spiro atoms. The van der Waals surface area contributed by atoms with Gasteiger partial charge in [-0.1, -0.05) is 0 Å². The summed E-state index contributed by atoms with van der Waals surface area (Å²) in [6.45, 7) is 3.14. The molecule has 25 heavy (non-hydrogen) atoms. The highest BCUT2D eigenvalue weighted by molar-refractivity contribution is 8.00. The Morgan fingerprint density at radius 1 is 1.12 bits per heavy atom. The van der Waals surface area contributed by atoms with Crippen LogP contribution in [0.3, 0.4) is 0 Å². The van der Waals surface area contributed by atoms with E-state index in [4.69, 9.17) is 0 Å². The molecule has 0 heterocycles. The van der Waals surface area contributed by atoms with E-state index in [0.29, 0.717) is 16.9 Å². The molecule has 0 unspecified atom stereocenters. The smallest absolute Gasteiger partial charge is 0.269 e. The molecule has 8 heteroatoms. The summed E-state index contributed by atoms with van der Waals surface area (Å²) in [6, 6.07) is 11.5. The van der Waals surface area contributed by atoms with Gasteiger partial charge in [-0.05, 0) is 42.8 Å². The van der Waals surface area contributed by atoms with E-state index in [1.165, 1.54) is 36.9 Å². The third kappa shape index (κ3) is 5.61. The highest BCUT2D eigenvalue weighted by atomic mass is 32.2. The SMILES string of the molecule is CC(=O)Nc1ccc(SCC(=O)Nc2ccc([N+](=O)[O-])cc2C)cc1. The summed E-state index contributed by atoms with van der Waals surface area (Å²) in [7, 11) is 0. The van der Waals surface area contributed by atoms with Crippen molar-refractivity contribution in [1.82, 2.24) is 0 Å². The normalized spacial score (nSPS) is 10.2. The zero-order chi connectivity index (χ0) is 18.4. The predicted molar refractivity (Wildman–Crippen MR) is 97.9 cm³/mol. The van der Waals surface area contributed by atoms with Gasteiger partial charge in [-0.2, -0.15) is 0 Å². The van der Waals surface area contributed by atoms with Crippen LogP contribution in [0.15, 0.2) is 47.4 Å². The molecular formula is C17H17N3O4S. The minimum Gasteiger partial charge on any atom is -0.326 e. The first kappa shape index (κ1) is 18.5. The number of nitrogens with zero attached hydrogens (tertiary/aromatic N) is 1. The van der Waals surface area contributed by atoms with E-state index in [0.717, 1.165) is 4.90 Å². The number of amides is 2. The number of nitro groups is 1. The van der Waals surface area contributed by atoms with Gasteiger partial charge in [0.1, 0.15) is 0 Å². The molecule has 0 fully saturated rings. The number of hydrogen-bond donors (Lipinski definition) is 2. The van der Waals surface area contributed by atoms with Crippen molar-refractivity contribution in [3.8, 4) is 0 Å². The van der Waals surface area contributed by atoms with Gasteiger partial charge in [-0.3, -0.25) is 19.7 Å². The number of benzene rings is 2. The van der Waals surface area contributed by atoms with Crippen LogP contribution in [0.5, 0.6) is 0 Å². The van der Waals surface area contributed by atoms with Crippen LogP contribution in [0, 0.1) is 17.0 Å². The summed E-state index contributed by atoms with van der Waals surface area (Å²) >= 11 is 1.36. The van der Waals surface area contributed by atoms with E-state index in [2.05, 4.69) is 10.6 Å². The summed E-state index contributed by atoms with van der Waals surface area (Å²) in [5, 5.41) is 16.1. The number of anilines is 2. The van der Waals surface area contributed by atoms with Gasteiger partial charge in [-0.15, -0.1) is 11.8 Å². The summed E-state index contributed by atoms with van der Waals surface area (Å²) in [5.74, 6) is -0.137. The van der Waals surface area contributed by atoms with Crippen LogP contribution < -0.4 is 10.6 Å². The van der Waals surface area contributed by atoms with Gasteiger partial charge in [0, 0.05) is 35.3 Å². The molecule has 2 rings (SSSR count). The Balaban J connectivity index is 1.90. The van der Waals surface area contributed by atoms with E-state index >= 15 is 0 Å². The van der Waals surface area contributed by atoms with Crippen molar-refractivity contribution in [3.05, 3.63) is 58.1 Å². The second kappa shape index (κ2) is 8.29. The topological polar surface area (TPSA) is 101 Å². The van der Waals surface area contributed by atoms with Gasteiger partial charge >= 0.3 is 0 Å². The number of aryl methyl sites for hydroxylation is 1. The fraction of sp³-hybridized carbons (Fsp3) is 0.176.